The van der Waals surface area contributed by atoms with Crippen molar-refractivity contribution in [3.8, 4) is 0 Å². The molecule has 32 heavy (non-hydrogen) atoms. The van der Waals surface area contributed by atoms with Gasteiger partial charge in [-0.25, -0.2) is 4.39 Å². The number of rotatable bonds is 8. The lowest BCUT2D eigenvalue weighted by atomic mass is 9.86. The van der Waals surface area contributed by atoms with E-state index in [0.29, 0.717) is 18.0 Å². The highest BCUT2D eigenvalue weighted by atomic mass is 19.1. The first-order chi connectivity index (χ1) is 15.5. The van der Waals surface area contributed by atoms with Crippen LogP contribution in [0.2, 0.25) is 0 Å². The summed E-state index contributed by atoms with van der Waals surface area (Å²) in [6.45, 7) is 3.51. The maximum Gasteiger partial charge on any atom is 0.307 e. The van der Waals surface area contributed by atoms with E-state index in [0.717, 1.165) is 29.9 Å². The number of fused-ring (bicyclic) bond motifs is 1. The third-order valence-electron chi connectivity index (χ3n) is 6.08. The van der Waals surface area contributed by atoms with E-state index < -0.39 is 11.8 Å². The molecule has 4 rings (SSSR count). The molecular formula is C26H28FN3O2. The molecule has 3 N–H and O–H groups in total. The van der Waals surface area contributed by atoms with Crippen LogP contribution >= 0.6 is 0 Å². The van der Waals surface area contributed by atoms with E-state index in [4.69, 9.17) is 5.11 Å². The quantitative estimate of drug-likeness (QED) is 0.485. The topological polar surface area (TPSA) is 74.2 Å². The maximum atomic E-state index is 14.1. The van der Waals surface area contributed by atoms with Crippen molar-refractivity contribution in [2.75, 3.05) is 18.4 Å². The van der Waals surface area contributed by atoms with Gasteiger partial charge in [0.1, 0.15) is 5.82 Å². The Labute approximate surface area is 187 Å². The van der Waals surface area contributed by atoms with Crippen LogP contribution < -0.4 is 10.6 Å². The smallest absolute Gasteiger partial charge is 0.307 e. The molecule has 0 unspecified atom stereocenters. The first-order valence-electron chi connectivity index (χ1n) is 11.0. The third kappa shape index (κ3) is 5.32. The van der Waals surface area contributed by atoms with E-state index in [9.17, 15) is 9.18 Å². The third-order valence-corrected chi connectivity index (χ3v) is 6.08. The normalized spacial score (nSPS) is 17.1. The number of benzene rings is 2. The van der Waals surface area contributed by atoms with Gasteiger partial charge < -0.3 is 15.7 Å². The molecule has 3 atom stereocenters. The summed E-state index contributed by atoms with van der Waals surface area (Å²) in [5.74, 6) is -1.03. The summed E-state index contributed by atoms with van der Waals surface area (Å²) >= 11 is 0. The Morgan fingerprint density at radius 2 is 2.00 bits per heavy atom. The summed E-state index contributed by atoms with van der Waals surface area (Å²) < 4.78 is 14.1. The summed E-state index contributed by atoms with van der Waals surface area (Å²) in [5, 5.41) is 16.3. The first-order valence-corrected chi connectivity index (χ1v) is 11.0. The molecule has 1 aliphatic rings. The SMILES string of the molecule is C[C@@H](CN[C@H](c1ccccc1)[C@H]1CNc2cccnc2C1)c1cc(F)cc(CC(=O)O)c1. The maximum absolute atomic E-state index is 14.1. The molecule has 0 fully saturated rings. The average molecular weight is 434 g/mol. The molecule has 3 aromatic rings. The summed E-state index contributed by atoms with van der Waals surface area (Å²) in [5.41, 5.74) is 4.65. The van der Waals surface area contributed by atoms with Gasteiger partial charge in [-0.05, 0) is 53.3 Å². The van der Waals surface area contributed by atoms with E-state index in [-0.39, 0.29) is 18.4 Å². The van der Waals surface area contributed by atoms with Gasteiger partial charge >= 0.3 is 5.97 Å². The number of anilines is 1. The fourth-order valence-electron chi connectivity index (χ4n) is 4.43. The number of nitrogens with zero attached hydrogens (tertiary/aromatic N) is 1. The molecule has 0 aliphatic carbocycles. The number of hydrogen-bond acceptors (Lipinski definition) is 4. The van der Waals surface area contributed by atoms with E-state index in [2.05, 4.69) is 33.8 Å². The molecule has 2 heterocycles. The number of carboxylic acids is 1. The second kappa shape index (κ2) is 9.92. The van der Waals surface area contributed by atoms with E-state index in [1.54, 1.807) is 6.07 Å². The molecular weight excluding hydrogens is 405 g/mol. The Bertz CT molecular complexity index is 1070. The fourth-order valence-corrected chi connectivity index (χ4v) is 4.43. The molecule has 1 aromatic heterocycles. The first kappa shape index (κ1) is 22.0. The molecule has 6 heteroatoms. The van der Waals surface area contributed by atoms with Gasteiger partial charge in [-0.3, -0.25) is 9.78 Å². The van der Waals surface area contributed by atoms with Crippen LogP contribution in [0.1, 0.15) is 41.3 Å². The number of nitrogens with one attached hydrogen (secondary N) is 2. The van der Waals surface area contributed by atoms with Gasteiger partial charge in [0.2, 0.25) is 0 Å². The molecule has 5 nitrogen and oxygen atoms in total. The van der Waals surface area contributed by atoms with Crippen LogP contribution in [0.3, 0.4) is 0 Å². The number of pyridine rings is 1. The number of carboxylic acid groups (broad SMARTS) is 1. The summed E-state index contributed by atoms with van der Waals surface area (Å²) in [6, 6.07) is 19.0. The van der Waals surface area contributed by atoms with Crippen LogP contribution in [0, 0.1) is 11.7 Å². The fraction of sp³-hybridized carbons (Fsp3) is 0.308. The van der Waals surface area contributed by atoms with E-state index in [1.807, 2.05) is 37.4 Å². The highest BCUT2D eigenvalue weighted by molar-refractivity contribution is 5.70. The molecule has 0 radical (unpaired) electrons. The number of aromatic nitrogens is 1. The van der Waals surface area contributed by atoms with Crippen molar-refractivity contribution < 1.29 is 14.3 Å². The van der Waals surface area contributed by atoms with Gasteiger partial charge in [-0.1, -0.05) is 43.3 Å². The van der Waals surface area contributed by atoms with Crippen molar-refractivity contribution in [3.05, 3.63) is 95.1 Å². The van der Waals surface area contributed by atoms with Crippen LogP contribution in [-0.4, -0.2) is 29.1 Å². The van der Waals surface area contributed by atoms with Crippen molar-refractivity contribution in [3.63, 3.8) is 0 Å². The Balaban J connectivity index is 1.51. The second-order valence-electron chi connectivity index (χ2n) is 8.50. The van der Waals surface area contributed by atoms with Crippen molar-refractivity contribution in [2.45, 2.75) is 31.7 Å². The van der Waals surface area contributed by atoms with Gasteiger partial charge in [0.05, 0.1) is 17.8 Å². The minimum atomic E-state index is -0.963. The monoisotopic (exact) mass is 433 g/mol. The molecule has 0 saturated carbocycles. The Kier molecular flexibility index (Phi) is 6.81. The number of halogens is 1. The summed E-state index contributed by atoms with van der Waals surface area (Å²) in [7, 11) is 0. The van der Waals surface area contributed by atoms with Crippen molar-refractivity contribution in [2.24, 2.45) is 5.92 Å². The van der Waals surface area contributed by atoms with Gasteiger partial charge in [-0.15, -0.1) is 0 Å². The van der Waals surface area contributed by atoms with E-state index in [1.165, 1.54) is 17.7 Å². The molecule has 0 amide bonds. The van der Waals surface area contributed by atoms with Crippen LogP contribution in [0.25, 0.3) is 0 Å². The molecule has 0 bridgehead atoms. The molecule has 0 spiro atoms. The standard InChI is InChI=1S/C26H28FN3O2/c1-17(20-10-18(12-25(31)32)11-22(27)13-20)15-30-26(19-6-3-2-4-7-19)21-14-24-23(29-16-21)8-5-9-28-24/h2-11,13,17,21,26,29-30H,12,14-16H2,1H3,(H,31,32)/t17-,21+,26+/m0/s1. The molecule has 1 aliphatic heterocycles. The minimum absolute atomic E-state index is 0.0198. The lowest BCUT2D eigenvalue weighted by Crippen LogP contribution is -2.37. The van der Waals surface area contributed by atoms with Crippen LogP contribution in [0.5, 0.6) is 0 Å². The Morgan fingerprint density at radius 1 is 1.19 bits per heavy atom. The summed E-state index contributed by atoms with van der Waals surface area (Å²) in [6.07, 6.45) is 2.51. The van der Waals surface area contributed by atoms with Crippen LogP contribution in [0.4, 0.5) is 10.1 Å². The van der Waals surface area contributed by atoms with Gasteiger partial charge in [0.25, 0.3) is 0 Å². The predicted octanol–water partition coefficient (Wildman–Crippen LogP) is 4.57. The van der Waals surface area contributed by atoms with Crippen molar-refractivity contribution in [1.82, 2.24) is 10.3 Å². The average Bonchev–Trinajstić information content (AvgIpc) is 2.79. The largest absolute Gasteiger partial charge is 0.481 e. The highest BCUT2D eigenvalue weighted by Gasteiger charge is 2.28. The zero-order chi connectivity index (χ0) is 22.5. The zero-order valence-electron chi connectivity index (χ0n) is 18.1. The minimum Gasteiger partial charge on any atom is -0.481 e. The lowest BCUT2D eigenvalue weighted by Gasteiger charge is -2.33. The van der Waals surface area contributed by atoms with Gasteiger partial charge in [0.15, 0.2) is 0 Å². The second-order valence-corrected chi connectivity index (χ2v) is 8.50. The highest BCUT2D eigenvalue weighted by Crippen LogP contribution is 2.32. The summed E-state index contributed by atoms with van der Waals surface area (Å²) in [4.78, 5) is 15.6. The lowest BCUT2D eigenvalue weighted by molar-refractivity contribution is -0.136. The number of hydrogen-bond donors (Lipinski definition) is 3. The van der Waals surface area contributed by atoms with E-state index >= 15 is 0 Å². The number of aliphatic carboxylic acids is 1. The molecule has 2 aromatic carbocycles. The Morgan fingerprint density at radius 3 is 2.78 bits per heavy atom. The molecule has 0 saturated heterocycles. The molecule has 166 valence electrons. The van der Waals surface area contributed by atoms with Gasteiger partial charge in [0, 0.05) is 31.2 Å². The number of carbonyl (C=O) groups is 1. The predicted molar refractivity (Wildman–Crippen MR) is 123 cm³/mol. The van der Waals surface area contributed by atoms with Crippen LogP contribution in [-0.2, 0) is 17.6 Å². The van der Waals surface area contributed by atoms with Crippen molar-refractivity contribution in [1.29, 1.82) is 0 Å². The zero-order valence-corrected chi connectivity index (χ0v) is 18.1. The van der Waals surface area contributed by atoms with Crippen LogP contribution in [0.15, 0.2) is 66.9 Å². The Hall–Kier alpha value is -3.25. The van der Waals surface area contributed by atoms with Crippen molar-refractivity contribution >= 4 is 11.7 Å². The van der Waals surface area contributed by atoms with Gasteiger partial charge in [-0.2, -0.15) is 0 Å².